The molecule has 12 heteroatoms. The van der Waals surface area contributed by atoms with Crippen molar-refractivity contribution in [3.8, 4) is 5.88 Å². The van der Waals surface area contributed by atoms with Gasteiger partial charge in [0.2, 0.25) is 5.88 Å². The second-order valence-corrected chi connectivity index (χ2v) is 8.82. The number of aromatic nitrogens is 6. The summed E-state index contributed by atoms with van der Waals surface area (Å²) in [6.45, 7) is 6.72. The Morgan fingerprint density at radius 2 is 1.91 bits per heavy atom. The van der Waals surface area contributed by atoms with Gasteiger partial charge in [0.15, 0.2) is 5.82 Å². The largest absolute Gasteiger partial charge is 0.480 e. The van der Waals surface area contributed by atoms with Crippen LogP contribution < -0.4 is 9.64 Å². The van der Waals surface area contributed by atoms with Gasteiger partial charge in [-0.2, -0.15) is 19.6 Å². The number of piperazine rings is 1. The number of hydrogen-bond acceptors (Lipinski definition) is 10. The molecule has 4 aromatic heterocycles. The maximum absolute atomic E-state index is 13.4. The van der Waals surface area contributed by atoms with E-state index in [0.717, 1.165) is 27.3 Å². The van der Waals surface area contributed by atoms with Gasteiger partial charge in [0.25, 0.3) is 11.7 Å². The molecule has 172 valence electrons. The van der Waals surface area contributed by atoms with E-state index < -0.39 is 0 Å². The van der Waals surface area contributed by atoms with Crippen LogP contribution >= 0.6 is 11.3 Å². The van der Waals surface area contributed by atoms with Crippen molar-refractivity contribution in [3.63, 3.8) is 0 Å². The number of aryl methyl sites for hydroxylation is 2. The van der Waals surface area contributed by atoms with Gasteiger partial charge in [-0.05, 0) is 19.4 Å². The third-order valence-corrected chi connectivity index (χ3v) is 6.89. The van der Waals surface area contributed by atoms with E-state index in [-0.39, 0.29) is 12.5 Å². The van der Waals surface area contributed by atoms with E-state index in [4.69, 9.17) is 9.47 Å². The van der Waals surface area contributed by atoms with Crippen LogP contribution in [0.5, 0.6) is 5.88 Å². The fourth-order valence-corrected chi connectivity index (χ4v) is 5.27. The highest BCUT2D eigenvalue weighted by molar-refractivity contribution is 7.20. The first-order valence-electron chi connectivity index (χ1n) is 10.5. The standard InChI is InChI=1S/C21H24N8O3S/c1-12-9-15(29-21(24-12)22-11-23-29)27-5-7-28(8-6-27)20(30)17-13(2)16-18(32-4)25-14(10-31-3)26-19(16)33-17/h9,11H,5-8,10H2,1-4H3. The summed E-state index contributed by atoms with van der Waals surface area (Å²) in [6, 6.07) is 2.00. The molecule has 0 spiro atoms. The molecule has 0 atom stereocenters. The van der Waals surface area contributed by atoms with Crippen LogP contribution in [0.1, 0.15) is 26.8 Å². The average molecular weight is 469 g/mol. The van der Waals surface area contributed by atoms with Crippen LogP contribution in [0.3, 0.4) is 0 Å². The van der Waals surface area contributed by atoms with Crippen molar-refractivity contribution in [2.75, 3.05) is 45.3 Å². The third kappa shape index (κ3) is 3.74. The molecular formula is C21H24N8O3S. The number of ether oxygens (including phenoxy) is 2. The predicted octanol–water partition coefficient (Wildman–Crippen LogP) is 1.86. The molecule has 0 radical (unpaired) electrons. The van der Waals surface area contributed by atoms with Gasteiger partial charge >= 0.3 is 0 Å². The molecule has 11 nitrogen and oxygen atoms in total. The summed E-state index contributed by atoms with van der Waals surface area (Å²) in [4.78, 5) is 36.5. The van der Waals surface area contributed by atoms with Crippen molar-refractivity contribution < 1.29 is 14.3 Å². The summed E-state index contributed by atoms with van der Waals surface area (Å²) in [7, 11) is 3.17. The normalized spacial score (nSPS) is 14.4. The molecule has 1 saturated heterocycles. The fraction of sp³-hybridized carbons (Fsp3) is 0.429. The molecule has 4 aromatic rings. The first kappa shape index (κ1) is 21.5. The van der Waals surface area contributed by atoms with Gasteiger partial charge in [-0.25, -0.2) is 9.97 Å². The summed E-state index contributed by atoms with van der Waals surface area (Å²) in [6.07, 6.45) is 1.50. The number of hydrogen-bond donors (Lipinski definition) is 0. The van der Waals surface area contributed by atoms with Crippen LogP contribution in [0, 0.1) is 13.8 Å². The number of fused-ring (bicyclic) bond motifs is 2. The number of thiophene rings is 1. The van der Waals surface area contributed by atoms with Crippen LogP contribution in [0.4, 0.5) is 5.82 Å². The molecule has 0 aliphatic carbocycles. The summed E-state index contributed by atoms with van der Waals surface area (Å²) in [5.74, 6) is 2.51. The van der Waals surface area contributed by atoms with E-state index in [0.29, 0.717) is 48.5 Å². The zero-order chi connectivity index (χ0) is 23.1. The lowest BCUT2D eigenvalue weighted by Crippen LogP contribution is -2.49. The number of rotatable bonds is 5. The highest BCUT2D eigenvalue weighted by atomic mass is 32.1. The second kappa shape index (κ2) is 8.52. The maximum Gasteiger partial charge on any atom is 0.264 e. The van der Waals surface area contributed by atoms with Gasteiger partial charge in [0.1, 0.15) is 23.6 Å². The summed E-state index contributed by atoms with van der Waals surface area (Å²) in [5, 5.41) is 5.08. The number of carbonyl (C=O) groups is 1. The van der Waals surface area contributed by atoms with E-state index in [2.05, 4.69) is 29.9 Å². The molecule has 1 amide bonds. The van der Waals surface area contributed by atoms with Crippen molar-refractivity contribution in [1.29, 1.82) is 0 Å². The van der Waals surface area contributed by atoms with E-state index in [1.807, 2.05) is 24.8 Å². The minimum absolute atomic E-state index is 0.00214. The van der Waals surface area contributed by atoms with Gasteiger partial charge in [0, 0.05) is 45.0 Å². The Labute approximate surface area is 194 Å². The number of methoxy groups -OCH3 is 2. The molecule has 0 bridgehead atoms. The number of nitrogens with zero attached hydrogens (tertiary/aromatic N) is 8. The Bertz CT molecular complexity index is 1340. The topological polar surface area (TPSA) is 111 Å². The highest BCUT2D eigenvalue weighted by Gasteiger charge is 2.28. The van der Waals surface area contributed by atoms with Gasteiger partial charge in [0.05, 0.1) is 17.4 Å². The Balaban J connectivity index is 1.39. The van der Waals surface area contributed by atoms with Crippen LogP contribution in [0.2, 0.25) is 0 Å². The van der Waals surface area contributed by atoms with Gasteiger partial charge in [-0.15, -0.1) is 11.3 Å². The first-order valence-corrected chi connectivity index (χ1v) is 11.4. The van der Waals surface area contributed by atoms with Crippen LogP contribution in [-0.4, -0.2) is 80.8 Å². The molecule has 33 heavy (non-hydrogen) atoms. The molecule has 1 fully saturated rings. The molecule has 1 aliphatic heterocycles. The first-order chi connectivity index (χ1) is 16.0. The van der Waals surface area contributed by atoms with Crippen LogP contribution in [0.25, 0.3) is 16.0 Å². The fourth-order valence-electron chi connectivity index (χ4n) is 4.11. The molecule has 1 aliphatic rings. The molecule has 5 heterocycles. The van der Waals surface area contributed by atoms with Crippen molar-refractivity contribution in [2.24, 2.45) is 0 Å². The smallest absolute Gasteiger partial charge is 0.264 e. The third-order valence-electron chi connectivity index (χ3n) is 5.72. The quantitative estimate of drug-likeness (QED) is 0.433. The molecule has 5 rings (SSSR count). The molecule has 0 saturated carbocycles. The van der Waals surface area contributed by atoms with E-state index in [1.54, 1.807) is 18.7 Å². The highest BCUT2D eigenvalue weighted by Crippen LogP contribution is 2.36. The van der Waals surface area contributed by atoms with Gasteiger partial charge < -0.3 is 19.3 Å². The Morgan fingerprint density at radius 1 is 1.12 bits per heavy atom. The van der Waals surface area contributed by atoms with Crippen LogP contribution in [0.15, 0.2) is 12.4 Å². The lowest BCUT2D eigenvalue weighted by atomic mass is 10.2. The SMILES string of the molecule is COCc1nc(OC)c2c(C)c(C(=O)N3CCN(c4cc(C)nc5ncnn45)CC3)sc2n1. The molecular weight excluding hydrogens is 444 g/mol. The summed E-state index contributed by atoms with van der Waals surface area (Å²) < 4.78 is 12.4. The number of amides is 1. The monoisotopic (exact) mass is 468 g/mol. The van der Waals surface area contributed by atoms with Crippen molar-refractivity contribution in [2.45, 2.75) is 20.5 Å². The van der Waals surface area contributed by atoms with Gasteiger partial charge in [-0.1, -0.05) is 0 Å². The zero-order valence-electron chi connectivity index (χ0n) is 18.9. The van der Waals surface area contributed by atoms with Crippen molar-refractivity contribution >= 4 is 39.1 Å². The number of carbonyl (C=O) groups excluding carboxylic acids is 1. The molecule has 0 N–H and O–H groups in total. The summed E-state index contributed by atoms with van der Waals surface area (Å²) in [5.41, 5.74) is 1.73. The Morgan fingerprint density at radius 3 is 2.64 bits per heavy atom. The second-order valence-electron chi connectivity index (χ2n) is 7.83. The predicted molar refractivity (Wildman–Crippen MR) is 123 cm³/mol. The Hall–Kier alpha value is -3.38. The lowest BCUT2D eigenvalue weighted by molar-refractivity contribution is 0.0750. The van der Waals surface area contributed by atoms with Crippen molar-refractivity contribution in [1.82, 2.24) is 34.4 Å². The maximum atomic E-state index is 13.4. The van der Waals surface area contributed by atoms with Crippen molar-refractivity contribution in [3.05, 3.63) is 34.4 Å². The van der Waals surface area contributed by atoms with Crippen LogP contribution in [-0.2, 0) is 11.3 Å². The minimum atomic E-state index is 0.00214. The van der Waals surface area contributed by atoms with E-state index in [9.17, 15) is 4.79 Å². The molecule has 0 unspecified atom stereocenters. The zero-order valence-corrected chi connectivity index (χ0v) is 19.7. The average Bonchev–Trinajstić information content (AvgIpc) is 3.42. The lowest BCUT2D eigenvalue weighted by Gasteiger charge is -2.35. The Kier molecular flexibility index (Phi) is 5.54. The number of anilines is 1. The van der Waals surface area contributed by atoms with E-state index >= 15 is 0 Å². The summed E-state index contributed by atoms with van der Waals surface area (Å²) >= 11 is 1.38. The van der Waals surface area contributed by atoms with E-state index in [1.165, 1.54) is 17.7 Å². The van der Waals surface area contributed by atoms with Gasteiger partial charge in [-0.3, -0.25) is 4.79 Å². The minimum Gasteiger partial charge on any atom is -0.480 e. The molecule has 0 aromatic carbocycles.